The van der Waals surface area contributed by atoms with Crippen molar-refractivity contribution < 1.29 is 24.5 Å². The van der Waals surface area contributed by atoms with Crippen molar-refractivity contribution in [1.82, 2.24) is 5.32 Å². The van der Waals surface area contributed by atoms with Gasteiger partial charge in [-0.3, -0.25) is 9.59 Å². The summed E-state index contributed by atoms with van der Waals surface area (Å²) in [7, 11) is 0. The van der Waals surface area contributed by atoms with Crippen LogP contribution in [0.15, 0.2) is 72.9 Å². The Kier molecular flexibility index (Phi) is 53.0. The summed E-state index contributed by atoms with van der Waals surface area (Å²) in [5.74, 6) is -0.515. The third kappa shape index (κ3) is 49.7. The van der Waals surface area contributed by atoms with Crippen LogP contribution in [0.1, 0.15) is 284 Å². The Morgan fingerprint density at radius 3 is 1.24 bits per heavy atom. The van der Waals surface area contributed by atoms with Gasteiger partial charge in [-0.05, 0) is 96.3 Å². The van der Waals surface area contributed by atoms with E-state index in [1.807, 2.05) is 0 Å². The molecule has 0 radical (unpaired) electrons. The number of allylic oxidation sites excluding steroid dienone is 12. The predicted molar refractivity (Wildman–Crippen MR) is 296 cm³/mol. The Balaban J connectivity index is 4.57. The van der Waals surface area contributed by atoms with E-state index in [4.69, 9.17) is 4.74 Å². The Bertz CT molecular complexity index is 1250. The zero-order valence-corrected chi connectivity index (χ0v) is 45.0. The monoisotopic (exact) mass is 950 g/mol. The molecule has 0 aromatic heterocycles. The van der Waals surface area contributed by atoms with Crippen LogP contribution >= 0.6 is 0 Å². The SMILES string of the molecule is CC/C=C\C/C=C\C/C=C\C/C=C\C/C=C\CCCCCC(=O)OC(CCCCCCC/C=C\CCCCCC)CC(=O)NC(CO)C(O)CCCCCCCCCCCCCCCCCCC. The maximum atomic E-state index is 13.3. The van der Waals surface area contributed by atoms with Crippen molar-refractivity contribution in [1.29, 1.82) is 0 Å². The quantitative estimate of drug-likeness (QED) is 0.0321. The van der Waals surface area contributed by atoms with Crippen molar-refractivity contribution in [2.24, 2.45) is 0 Å². The minimum Gasteiger partial charge on any atom is -0.462 e. The lowest BCUT2D eigenvalue weighted by atomic mass is 10.0. The van der Waals surface area contributed by atoms with Gasteiger partial charge < -0.3 is 20.3 Å². The van der Waals surface area contributed by atoms with Gasteiger partial charge >= 0.3 is 5.97 Å². The minimum absolute atomic E-state index is 0.0568. The molecule has 0 aromatic carbocycles. The van der Waals surface area contributed by atoms with Crippen molar-refractivity contribution in [3.63, 3.8) is 0 Å². The van der Waals surface area contributed by atoms with Crippen LogP contribution in [0.4, 0.5) is 0 Å². The number of aliphatic hydroxyl groups excluding tert-OH is 2. The highest BCUT2D eigenvalue weighted by molar-refractivity contribution is 5.77. The molecule has 3 unspecified atom stereocenters. The van der Waals surface area contributed by atoms with E-state index in [-0.39, 0.29) is 24.9 Å². The van der Waals surface area contributed by atoms with Crippen LogP contribution in [0.25, 0.3) is 0 Å². The number of hydrogen-bond donors (Lipinski definition) is 3. The molecule has 0 fully saturated rings. The van der Waals surface area contributed by atoms with Gasteiger partial charge in [0.1, 0.15) is 6.10 Å². The molecule has 394 valence electrons. The maximum absolute atomic E-state index is 13.3. The van der Waals surface area contributed by atoms with Crippen LogP contribution in [-0.2, 0) is 14.3 Å². The van der Waals surface area contributed by atoms with Crippen molar-refractivity contribution in [3.05, 3.63) is 72.9 Å². The number of nitrogens with one attached hydrogen (secondary N) is 1. The van der Waals surface area contributed by atoms with E-state index in [1.165, 1.54) is 135 Å². The molecule has 0 aromatic rings. The normalized spacial score (nSPS) is 13.7. The lowest BCUT2D eigenvalue weighted by Gasteiger charge is -2.24. The van der Waals surface area contributed by atoms with Gasteiger partial charge in [-0.15, -0.1) is 0 Å². The fourth-order valence-electron chi connectivity index (χ4n) is 8.63. The first-order valence-corrected chi connectivity index (χ1v) is 29.2. The molecule has 3 N–H and O–H groups in total. The van der Waals surface area contributed by atoms with Gasteiger partial charge in [0.25, 0.3) is 0 Å². The maximum Gasteiger partial charge on any atom is 0.306 e. The molecule has 0 saturated heterocycles. The van der Waals surface area contributed by atoms with Crippen molar-refractivity contribution in [2.45, 2.75) is 302 Å². The predicted octanol–water partition coefficient (Wildman–Crippen LogP) is 18.1. The van der Waals surface area contributed by atoms with Crippen LogP contribution in [-0.4, -0.2) is 46.9 Å². The Hall–Kier alpha value is -2.70. The number of carbonyl (C=O) groups excluding carboxylic acids is 2. The molecule has 0 aliphatic heterocycles. The van der Waals surface area contributed by atoms with E-state index in [0.717, 1.165) is 103 Å². The molecule has 0 rings (SSSR count). The lowest BCUT2D eigenvalue weighted by Crippen LogP contribution is -2.46. The Morgan fingerprint density at radius 1 is 0.441 bits per heavy atom. The highest BCUT2D eigenvalue weighted by atomic mass is 16.5. The summed E-state index contributed by atoms with van der Waals surface area (Å²) in [6.45, 7) is 6.37. The second-order valence-corrected chi connectivity index (χ2v) is 19.7. The number of hydrogen-bond acceptors (Lipinski definition) is 5. The first kappa shape index (κ1) is 65.3. The molecule has 0 aliphatic rings. The average Bonchev–Trinajstić information content (AvgIpc) is 3.33. The fraction of sp³-hybridized carbons (Fsp3) is 0.774. The lowest BCUT2D eigenvalue weighted by molar-refractivity contribution is -0.151. The van der Waals surface area contributed by atoms with Crippen LogP contribution in [0.5, 0.6) is 0 Å². The molecule has 6 heteroatoms. The molecule has 6 nitrogen and oxygen atoms in total. The van der Waals surface area contributed by atoms with Crippen LogP contribution in [0, 0.1) is 0 Å². The second-order valence-electron chi connectivity index (χ2n) is 19.7. The van der Waals surface area contributed by atoms with E-state index in [1.54, 1.807) is 0 Å². The topological polar surface area (TPSA) is 95.9 Å². The largest absolute Gasteiger partial charge is 0.462 e. The summed E-state index contributed by atoms with van der Waals surface area (Å²) >= 11 is 0. The molecule has 0 saturated carbocycles. The molecular formula is C62H111NO5. The molecule has 0 bridgehead atoms. The molecule has 3 atom stereocenters. The number of amides is 1. The van der Waals surface area contributed by atoms with Crippen LogP contribution in [0.2, 0.25) is 0 Å². The number of ether oxygens (including phenoxy) is 1. The van der Waals surface area contributed by atoms with E-state index in [9.17, 15) is 19.8 Å². The van der Waals surface area contributed by atoms with Crippen molar-refractivity contribution in [2.75, 3.05) is 6.61 Å². The minimum atomic E-state index is -0.799. The van der Waals surface area contributed by atoms with Gasteiger partial charge in [0.05, 0.1) is 25.2 Å². The zero-order chi connectivity index (χ0) is 49.5. The van der Waals surface area contributed by atoms with Gasteiger partial charge in [-0.2, -0.15) is 0 Å². The number of carbonyl (C=O) groups is 2. The van der Waals surface area contributed by atoms with Gasteiger partial charge in [0.2, 0.25) is 5.91 Å². The fourth-order valence-corrected chi connectivity index (χ4v) is 8.63. The van der Waals surface area contributed by atoms with E-state index in [2.05, 4.69) is 99.0 Å². The summed E-state index contributed by atoms with van der Waals surface area (Å²) in [5.41, 5.74) is 0. The van der Waals surface area contributed by atoms with Gasteiger partial charge in [0, 0.05) is 6.42 Å². The van der Waals surface area contributed by atoms with Gasteiger partial charge in [-0.1, -0.05) is 248 Å². The van der Waals surface area contributed by atoms with Crippen LogP contribution in [0.3, 0.4) is 0 Å². The summed E-state index contributed by atoms with van der Waals surface area (Å²) in [4.78, 5) is 26.3. The summed E-state index contributed by atoms with van der Waals surface area (Å²) in [5, 5.41) is 23.9. The molecular weight excluding hydrogens is 839 g/mol. The van der Waals surface area contributed by atoms with Gasteiger partial charge in [-0.25, -0.2) is 0 Å². The number of unbranched alkanes of at least 4 members (excludes halogenated alkanes) is 28. The van der Waals surface area contributed by atoms with Gasteiger partial charge in [0.15, 0.2) is 0 Å². The smallest absolute Gasteiger partial charge is 0.306 e. The van der Waals surface area contributed by atoms with E-state index < -0.39 is 18.2 Å². The highest BCUT2D eigenvalue weighted by Gasteiger charge is 2.24. The Labute approximate surface area is 421 Å². The number of rotatable bonds is 52. The summed E-state index contributed by atoms with van der Waals surface area (Å²) in [6, 6.07) is -0.715. The molecule has 0 heterocycles. The van der Waals surface area contributed by atoms with Crippen LogP contribution < -0.4 is 5.32 Å². The summed E-state index contributed by atoms with van der Waals surface area (Å²) < 4.78 is 5.94. The molecule has 1 amide bonds. The van der Waals surface area contributed by atoms with Crippen molar-refractivity contribution in [3.8, 4) is 0 Å². The average molecular weight is 951 g/mol. The zero-order valence-electron chi connectivity index (χ0n) is 45.0. The second kappa shape index (κ2) is 55.2. The third-order valence-corrected chi connectivity index (χ3v) is 13.0. The molecule has 68 heavy (non-hydrogen) atoms. The van der Waals surface area contributed by atoms with E-state index in [0.29, 0.717) is 19.3 Å². The third-order valence-electron chi connectivity index (χ3n) is 13.0. The van der Waals surface area contributed by atoms with E-state index >= 15 is 0 Å². The summed E-state index contributed by atoms with van der Waals surface area (Å²) in [6.07, 6.45) is 71.1. The first-order valence-electron chi connectivity index (χ1n) is 29.2. The number of esters is 1. The number of aliphatic hydroxyl groups is 2. The molecule has 0 spiro atoms. The Morgan fingerprint density at radius 2 is 0.794 bits per heavy atom. The molecule has 0 aliphatic carbocycles. The van der Waals surface area contributed by atoms with Crippen molar-refractivity contribution >= 4 is 11.9 Å². The first-order chi connectivity index (χ1) is 33.5. The standard InChI is InChI=1S/C62H111NO5/c1-4-7-10-13-16-19-22-25-27-29-30-32-34-37-40-43-46-49-52-55-62(67)68-58(53-50-47-44-41-38-35-24-21-18-15-12-9-6-3)56-61(66)63-59(57-64)60(65)54-51-48-45-42-39-36-33-31-28-26-23-20-17-14-11-8-5-2/h7,10,16,19,21,24-25,27,30,32,37,40,58-60,64-65H,4-6,8-9,11-15,17-18,20,22-23,26,28-29,31,33-36,38-39,41-57H2,1-3H3,(H,63,66)/b10-7-,19-16-,24-21-,27-25-,32-30-,40-37-. The highest BCUT2D eigenvalue weighted by Crippen LogP contribution is 2.18.